The topological polar surface area (TPSA) is 61.3 Å². The second kappa shape index (κ2) is 4.52. The molecule has 2 aromatic rings. The van der Waals surface area contributed by atoms with Gasteiger partial charge < -0.3 is 15.0 Å². The molecular formula is C17H20N2O2. The van der Waals surface area contributed by atoms with Crippen LogP contribution < -0.4 is 10.5 Å². The van der Waals surface area contributed by atoms with Crippen LogP contribution in [0.1, 0.15) is 36.5 Å². The van der Waals surface area contributed by atoms with E-state index in [9.17, 15) is 0 Å². The van der Waals surface area contributed by atoms with Crippen LogP contribution in [0.2, 0.25) is 0 Å². The Bertz CT molecular complexity index is 682. The molecule has 1 heterocycles. The molecule has 2 atom stereocenters. The molecule has 4 nitrogen and oxygen atoms in total. The SMILES string of the molecule is COc1cc(-c2c(N)noc2C2C3CCCC32)ccc1C. The van der Waals surface area contributed by atoms with Gasteiger partial charge in [-0.1, -0.05) is 23.7 Å². The van der Waals surface area contributed by atoms with E-state index in [2.05, 4.69) is 17.3 Å². The van der Waals surface area contributed by atoms with Crippen LogP contribution in [-0.2, 0) is 0 Å². The second-order valence-electron chi connectivity index (χ2n) is 6.28. The minimum atomic E-state index is 0.487. The fraction of sp³-hybridized carbons (Fsp3) is 0.471. The van der Waals surface area contributed by atoms with Crippen molar-refractivity contribution in [3.8, 4) is 16.9 Å². The number of rotatable bonds is 3. The van der Waals surface area contributed by atoms with Crippen molar-refractivity contribution in [2.24, 2.45) is 11.8 Å². The third-order valence-corrected chi connectivity index (χ3v) is 5.15. The van der Waals surface area contributed by atoms with Gasteiger partial charge in [-0.25, -0.2) is 0 Å². The first-order chi connectivity index (χ1) is 10.2. The Morgan fingerprint density at radius 3 is 2.76 bits per heavy atom. The molecule has 2 fully saturated rings. The maximum absolute atomic E-state index is 6.07. The highest BCUT2D eigenvalue weighted by Gasteiger charge is 2.56. The average molecular weight is 284 g/mol. The minimum absolute atomic E-state index is 0.487. The summed E-state index contributed by atoms with van der Waals surface area (Å²) in [6.45, 7) is 2.03. The predicted octanol–water partition coefficient (Wildman–Crippen LogP) is 3.75. The van der Waals surface area contributed by atoms with Gasteiger partial charge >= 0.3 is 0 Å². The van der Waals surface area contributed by atoms with Crippen molar-refractivity contribution in [1.29, 1.82) is 0 Å². The molecule has 2 aliphatic carbocycles. The Balaban J connectivity index is 1.77. The standard InChI is InChI=1S/C17H20N2O2/c1-9-6-7-10(8-13(9)20-2)14-16(21-19-17(14)18)15-11-4-3-5-12(11)15/h6-8,11-12,15H,3-5H2,1-2H3,(H2,18,19). The molecule has 2 unspecified atom stereocenters. The highest BCUT2D eigenvalue weighted by Crippen LogP contribution is 2.64. The van der Waals surface area contributed by atoms with E-state index in [1.807, 2.05) is 13.0 Å². The first-order valence-electron chi connectivity index (χ1n) is 7.60. The van der Waals surface area contributed by atoms with Gasteiger partial charge in [-0.05, 0) is 48.8 Å². The zero-order valence-electron chi connectivity index (χ0n) is 12.4. The number of nitrogen functional groups attached to an aromatic ring is 1. The van der Waals surface area contributed by atoms with Crippen LogP contribution >= 0.6 is 0 Å². The van der Waals surface area contributed by atoms with E-state index in [1.165, 1.54) is 19.3 Å². The molecule has 1 aromatic carbocycles. The number of nitrogens with zero attached hydrogens (tertiary/aromatic N) is 1. The Kier molecular flexibility index (Phi) is 2.74. The molecule has 0 spiro atoms. The maximum Gasteiger partial charge on any atom is 0.175 e. The van der Waals surface area contributed by atoms with E-state index in [4.69, 9.17) is 15.0 Å². The summed E-state index contributed by atoms with van der Waals surface area (Å²) in [6.07, 6.45) is 3.97. The summed E-state index contributed by atoms with van der Waals surface area (Å²) in [5.74, 6) is 4.42. The average Bonchev–Trinajstić information content (AvgIpc) is 2.85. The number of aromatic nitrogens is 1. The van der Waals surface area contributed by atoms with Gasteiger partial charge in [-0.15, -0.1) is 0 Å². The number of ether oxygens (including phenoxy) is 1. The summed E-state index contributed by atoms with van der Waals surface area (Å²) in [6, 6.07) is 6.15. The number of aryl methyl sites for hydroxylation is 1. The molecule has 0 saturated heterocycles. The highest BCUT2D eigenvalue weighted by atomic mass is 16.5. The summed E-state index contributed by atoms with van der Waals surface area (Å²) in [5, 5.41) is 4.02. The Labute approximate surface area is 124 Å². The number of hydrogen-bond acceptors (Lipinski definition) is 4. The van der Waals surface area contributed by atoms with Crippen LogP contribution in [-0.4, -0.2) is 12.3 Å². The zero-order valence-corrected chi connectivity index (χ0v) is 12.4. The van der Waals surface area contributed by atoms with Crippen molar-refractivity contribution in [2.75, 3.05) is 12.8 Å². The number of anilines is 1. The number of hydrogen-bond donors (Lipinski definition) is 1. The van der Waals surface area contributed by atoms with Crippen molar-refractivity contribution >= 4 is 5.82 Å². The van der Waals surface area contributed by atoms with E-state index in [0.29, 0.717) is 11.7 Å². The maximum atomic E-state index is 6.07. The van der Waals surface area contributed by atoms with Crippen LogP contribution in [0.3, 0.4) is 0 Å². The smallest absolute Gasteiger partial charge is 0.175 e. The van der Waals surface area contributed by atoms with Gasteiger partial charge in [0.15, 0.2) is 5.82 Å². The van der Waals surface area contributed by atoms with Gasteiger partial charge in [0, 0.05) is 5.92 Å². The fourth-order valence-electron chi connectivity index (χ4n) is 4.02. The van der Waals surface area contributed by atoms with Crippen molar-refractivity contribution in [1.82, 2.24) is 5.16 Å². The van der Waals surface area contributed by atoms with Gasteiger partial charge in [0.2, 0.25) is 0 Å². The molecule has 2 aliphatic rings. The number of methoxy groups -OCH3 is 1. The van der Waals surface area contributed by atoms with E-state index >= 15 is 0 Å². The molecule has 1 aromatic heterocycles. The third kappa shape index (κ3) is 1.85. The van der Waals surface area contributed by atoms with E-state index < -0.39 is 0 Å². The van der Waals surface area contributed by atoms with Crippen molar-refractivity contribution in [3.63, 3.8) is 0 Å². The first-order valence-corrected chi connectivity index (χ1v) is 7.60. The lowest BCUT2D eigenvalue weighted by Gasteiger charge is -2.08. The molecule has 21 heavy (non-hydrogen) atoms. The summed E-state index contributed by atoms with van der Waals surface area (Å²) < 4.78 is 11.0. The van der Waals surface area contributed by atoms with Gasteiger partial charge in [-0.3, -0.25) is 0 Å². The molecule has 0 radical (unpaired) electrons. The minimum Gasteiger partial charge on any atom is -0.496 e. The van der Waals surface area contributed by atoms with Crippen LogP contribution in [0.5, 0.6) is 5.75 Å². The van der Waals surface area contributed by atoms with Crippen LogP contribution in [0.15, 0.2) is 22.7 Å². The quantitative estimate of drug-likeness (QED) is 0.932. The lowest BCUT2D eigenvalue weighted by Crippen LogP contribution is -1.94. The van der Waals surface area contributed by atoms with Crippen molar-refractivity contribution < 1.29 is 9.26 Å². The van der Waals surface area contributed by atoms with Gasteiger partial charge in [0.1, 0.15) is 11.5 Å². The molecule has 4 heteroatoms. The van der Waals surface area contributed by atoms with E-state index in [1.54, 1.807) is 7.11 Å². The molecule has 4 rings (SSSR count). The molecule has 0 amide bonds. The monoisotopic (exact) mass is 284 g/mol. The fourth-order valence-corrected chi connectivity index (χ4v) is 4.02. The Morgan fingerprint density at radius 2 is 2.05 bits per heavy atom. The lowest BCUT2D eigenvalue weighted by atomic mass is 9.99. The summed E-state index contributed by atoms with van der Waals surface area (Å²) in [7, 11) is 1.69. The molecule has 0 aliphatic heterocycles. The number of benzene rings is 1. The summed E-state index contributed by atoms with van der Waals surface area (Å²) in [5.41, 5.74) is 9.19. The largest absolute Gasteiger partial charge is 0.496 e. The summed E-state index contributed by atoms with van der Waals surface area (Å²) in [4.78, 5) is 0. The zero-order chi connectivity index (χ0) is 14.6. The second-order valence-corrected chi connectivity index (χ2v) is 6.28. The predicted molar refractivity (Wildman–Crippen MR) is 81.2 cm³/mol. The molecular weight excluding hydrogens is 264 g/mol. The van der Waals surface area contributed by atoms with Gasteiger partial charge in [-0.2, -0.15) is 0 Å². The van der Waals surface area contributed by atoms with E-state index in [0.717, 1.165) is 40.0 Å². The number of fused-ring (bicyclic) bond motifs is 1. The van der Waals surface area contributed by atoms with Crippen molar-refractivity contribution in [2.45, 2.75) is 32.1 Å². The number of nitrogens with two attached hydrogens (primary N) is 1. The Hall–Kier alpha value is -1.97. The molecule has 2 saturated carbocycles. The molecule has 110 valence electrons. The molecule has 2 N–H and O–H groups in total. The van der Waals surface area contributed by atoms with E-state index in [-0.39, 0.29) is 0 Å². The third-order valence-electron chi connectivity index (χ3n) is 5.15. The first kappa shape index (κ1) is 12.7. The van der Waals surface area contributed by atoms with Gasteiger partial charge in [0.05, 0.1) is 12.7 Å². The lowest BCUT2D eigenvalue weighted by molar-refractivity contribution is 0.376. The van der Waals surface area contributed by atoms with Crippen LogP contribution in [0.25, 0.3) is 11.1 Å². The van der Waals surface area contributed by atoms with Crippen LogP contribution in [0.4, 0.5) is 5.82 Å². The normalized spacial score (nSPS) is 26.7. The van der Waals surface area contributed by atoms with Crippen LogP contribution in [0, 0.1) is 18.8 Å². The summed E-state index contributed by atoms with van der Waals surface area (Å²) >= 11 is 0. The molecule has 0 bridgehead atoms. The van der Waals surface area contributed by atoms with Gasteiger partial charge in [0.25, 0.3) is 0 Å². The highest BCUT2D eigenvalue weighted by molar-refractivity contribution is 5.77. The van der Waals surface area contributed by atoms with Crippen molar-refractivity contribution in [3.05, 3.63) is 29.5 Å². The Morgan fingerprint density at radius 1 is 1.29 bits per heavy atom.